The first kappa shape index (κ1) is 26.0. The lowest BCUT2D eigenvalue weighted by molar-refractivity contribution is -0.137. The number of H-pyrrole nitrogens is 1. The van der Waals surface area contributed by atoms with E-state index in [1.165, 1.54) is 6.07 Å². The summed E-state index contributed by atoms with van der Waals surface area (Å²) in [7, 11) is 1.61. The molecule has 0 fully saturated rings. The van der Waals surface area contributed by atoms with Crippen LogP contribution in [0.25, 0.3) is 22.3 Å². The molecule has 0 aliphatic carbocycles. The molecule has 6 nitrogen and oxygen atoms in total. The van der Waals surface area contributed by atoms with Crippen LogP contribution >= 0.6 is 0 Å². The molecule has 0 saturated heterocycles. The number of alkyl halides is 3. The Hall–Kier alpha value is -4.66. The number of methoxy groups -OCH3 is 1. The molecule has 3 aromatic carbocycles. The van der Waals surface area contributed by atoms with Gasteiger partial charge in [-0.2, -0.15) is 13.2 Å². The molecule has 5 aromatic rings. The van der Waals surface area contributed by atoms with E-state index in [1.807, 2.05) is 49.5 Å². The number of nitrogens with one attached hydrogen (secondary N) is 2. The van der Waals surface area contributed by atoms with E-state index in [1.54, 1.807) is 26.2 Å². The first-order valence-corrected chi connectivity index (χ1v) is 12.2. The number of anilines is 1. The first-order chi connectivity index (χ1) is 18.6. The van der Waals surface area contributed by atoms with Crippen LogP contribution in [0.2, 0.25) is 0 Å². The Kier molecular flexibility index (Phi) is 6.82. The van der Waals surface area contributed by atoms with Gasteiger partial charge in [-0.1, -0.05) is 12.1 Å². The predicted octanol–water partition coefficient (Wildman–Crippen LogP) is 7.11. The predicted molar refractivity (Wildman–Crippen MR) is 144 cm³/mol. The van der Waals surface area contributed by atoms with Crippen LogP contribution in [-0.4, -0.2) is 28.0 Å². The highest BCUT2D eigenvalue weighted by molar-refractivity contribution is 6.04. The van der Waals surface area contributed by atoms with Gasteiger partial charge in [0.1, 0.15) is 11.6 Å². The van der Waals surface area contributed by atoms with Crippen LogP contribution in [0, 0.1) is 13.8 Å². The largest absolute Gasteiger partial charge is 0.497 e. The van der Waals surface area contributed by atoms with E-state index in [0.29, 0.717) is 23.4 Å². The number of nitrogens with zero attached hydrogens (tertiary/aromatic N) is 2. The van der Waals surface area contributed by atoms with Gasteiger partial charge < -0.3 is 15.0 Å². The van der Waals surface area contributed by atoms with Crippen molar-refractivity contribution in [1.29, 1.82) is 0 Å². The summed E-state index contributed by atoms with van der Waals surface area (Å²) in [6, 6.07) is 17.9. The molecule has 2 N–H and O–H groups in total. The van der Waals surface area contributed by atoms with Crippen molar-refractivity contribution in [2.45, 2.75) is 26.4 Å². The molecule has 2 aromatic heterocycles. The van der Waals surface area contributed by atoms with Crippen molar-refractivity contribution in [1.82, 2.24) is 15.0 Å². The van der Waals surface area contributed by atoms with E-state index in [2.05, 4.69) is 10.3 Å². The summed E-state index contributed by atoms with van der Waals surface area (Å²) >= 11 is 0. The number of carbonyl (C=O) groups is 1. The molecule has 0 radical (unpaired) electrons. The summed E-state index contributed by atoms with van der Waals surface area (Å²) in [6.07, 6.45) is -2.34. The molecule has 0 aliphatic rings. The Bertz CT molecular complexity index is 1670. The van der Waals surface area contributed by atoms with Crippen molar-refractivity contribution >= 4 is 22.6 Å². The molecule has 0 spiro atoms. The molecule has 9 heteroatoms. The fourth-order valence-corrected chi connectivity index (χ4v) is 4.33. The third-order valence-corrected chi connectivity index (χ3v) is 6.59. The summed E-state index contributed by atoms with van der Waals surface area (Å²) in [4.78, 5) is 25.8. The van der Waals surface area contributed by atoms with E-state index in [9.17, 15) is 18.0 Å². The van der Waals surface area contributed by atoms with E-state index in [4.69, 9.17) is 14.7 Å². The zero-order valence-electron chi connectivity index (χ0n) is 21.5. The van der Waals surface area contributed by atoms with E-state index >= 15 is 0 Å². The molecular formula is C30H25F3N4O2. The molecular weight excluding hydrogens is 505 g/mol. The number of ether oxygens (including phenoxy) is 1. The second-order valence-corrected chi connectivity index (χ2v) is 9.25. The van der Waals surface area contributed by atoms with E-state index in [0.717, 1.165) is 51.3 Å². The zero-order valence-corrected chi connectivity index (χ0v) is 21.5. The lowest BCUT2D eigenvalue weighted by atomic mass is 10.0. The summed E-state index contributed by atoms with van der Waals surface area (Å²) < 4.78 is 44.8. The van der Waals surface area contributed by atoms with Gasteiger partial charge in [0.2, 0.25) is 0 Å². The Balaban J connectivity index is 1.44. The van der Waals surface area contributed by atoms with Crippen molar-refractivity contribution in [2.75, 3.05) is 12.4 Å². The normalized spacial score (nSPS) is 11.5. The highest BCUT2D eigenvalue weighted by atomic mass is 19.4. The SMILES string of the molecule is COc1ccc(-c2nc(Cc3cc(C(=O)Nc4cc(C(F)(F)F)ccc4C)ccc3C)nc3cc[nH]c23)cc1. The standard InChI is InChI=1S/C30H25F3N4O2/c1-17-4-6-20(29(38)36-25-16-22(30(31,32)33)9-5-18(25)2)14-21(17)15-26-35-24-12-13-34-28(24)27(37-26)19-7-10-23(39-3)11-8-19/h4-14,16,34H,15H2,1-3H3,(H,36,38). The monoisotopic (exact) mass is 530 g/mol. The van der Waals surface area contributed by atoms with Gasteiger partial charge in [0, 0.05) is 29.4 Å². The molecule has 5 rings (SSSR count). The van der Waals surface area contributed by atoms with Crippen molar-refractivity contribution < 1.29 is 22.7 Å². The van der Waals surface area contributed by atoms with Gasteiger partial charge in [-0.15, -0.1) is 0 Å². The van der Waals surface area contributed by atoms with Crippen molar-refractivity contribution in [3.8, 4) is 17.0 Å². The maximum Gasteiger partial charge on any atom is 0.416 e. The minimum absolute atomic E-state index is 0.113. The number of hydrogen-bond donors (Lipinski definition) is 2. The van der Waals surface area contributed by atoms with Crippen LogP contribution in [0.1, 0.15) is 38.4 Å². The first-order valence-electron chi connectivity index (χ1n) is 12.2. The molecule has 198 valence electrons. The minimum Gasteiger partial charge on any atom is -0.497 e. The number of aromatic nitrogens is 3. The lowest BCUT2D eigenvalue weighted by Gasteiger charge is -2.14. The summed E-state index contributed by atoms with van der Waals surface area (Å²) in [5.41, 5.74) is 5.13. The number of benzene rings is 3. The second-order valence-electron chi connectivity index (χ2n) is 9.25. The number of carbonyl (C=O) groups excluding carboxylic acids is 1. The van der Waals surface area contributed by atoms with Gasteiger partial charge in [-0.05, 0) is 85.1 Å². The fourth-order valence-electron chi connectivity index (χ4n) is 4.33. The Morgan fingerprint density at radius 2 is 1.69 bits per heavy atom. The number of hydrogen-bond acceptors (Lipinski definition) is 4. The Morgan fingerprint density at radius 3 is 2.41 bits per heavy atom. The van der Waals surface area contributed by atoms with Gasteiger partial charge in [0.05, 0.1) is 29.4 Å². The maximum atomic E-state index is 13.2. The minimum atomic E-state index is -4.50. The van der Waals surface area contributed by atoms with Gasteiger partial charge in [0.15, 0.2) is 0 Å². The molecule has 0 saturated carbocycles. The Labute approximate surface area is 222 Å². The van der Waals surface area contributed by atoms with Crippen LogP contribution in [0.5, 0.6) is 5.75 Å². The number of rotatable bonds is 6. The van der Waals surface area contributed by atoms with Gasteiger partial charge in [0.25, 0.3) is 5.91 Å². The topological polar surface area (TPSA) is 79.9 Å². The summed E-state index contributed by atoms with van der Waals surface area (Å²) in [6.45, 7) is 3.57. The maximum absolute atomic E-state index is 13.2. The van der Waals surface area contributed by atoms with Crippen LogP contribution < -0.4 is 10.1 Å². The zero-order chi connectivity index (χ0) is 27.7. The molecule has 1 amide bonds. The fraction of sp³-hybridized carbons (Fsp3) is 0.167. The van der Waals surface area contributed by atoms with Crippen LogP contribution in [-0.2, 0) is 12.6 Å². The van der Waals surface area contributed by atoms with Crippen LogP contribution in [0.3, 0.4) is 0 Å². The third-order valence-electron chi connectivity index (χ3n) is 6.59. The van der Waals surface area contributed by atoms with Crippen LogP contribution in [0.4, 0.5) is 18.9 Å². The summed E-state index contributed by atoms with van der Waals surface area (Å²) in [5, 5.41) is 2.63. The number of aromatic amines is 1. The molecule has 0 aliphatic heterocycles. The van der Waals surface area contributed by atoms with Gasteiger partial charge >= 0.3 is 6.18 Å². The van der Waals surface area contributed by atoms with Crippen LogP contribution in [0.15, 0.2) is 72.9 Å². The molecule has 2 heterocycles. The molecule has 39 heavy (non-hydrogen) atoms. The lowest BCUT2D eigenvalue weighted by Crippen LogP contribution is -2.15. The number of amides is 1. The highest BCUT2D eigenvalue weighted by Gasteiger charge is 2.31. The van der Waals surface area contributed by atoms with E-state index in [-0.39, 0.29) is 5.69 Å². The average Bonchev–Trinajstić information content (AvgIpc) is 3.39. The number of aryl methyl sites for hydroxylation is 2. The highest BCUT2D eigenvalue weighted by Crippen LogP contribution is 2.32. The number of fused-ring (bicyclic) bond motifs is 1. The van der Waals surface area contributed by atoms with Crippen molar-refractivity contribution in [3.05, 3.63) is 107 Å². The van der Waals surface area contributed by atoms with Gasteiger partial charge in [-0.25, -0.2) is 9.97 Å². The summed E-state index contributed by atoms with van der Waals surface area (Å²) in [5.74, 6) is 0.809. The van der Waals surface area contributed by atoms with Gasteiger partial charge in [-0.3, -0.25) is 4.79 Å². The quantitative estimate of drug-likeness (QED) is 0.245. The molecule has 0 bridgehead atoms. The smallest absolute Gasteiger partial charge is 0.416 e. The Morgan fingerprint density at radius 1 is 0.949 bits per heavy atom. The second kappa shape index (κ2) is 10.2. The van der Waals surface area contributed by atoms with Crippen molar-refractivity contribution in [3.63, 3.8) is 0 Å². The number of halogens is 3. The molecule has 0 unspecified atom stereocenters. The van der Waals surface area contributed by atoms with Crippen molar-refractivity contribution in [2.24, 2.45) is 0 Å². The third kappa shape index (κ3) is 5.47. The average molecular weight is 531 g/mol. The molecule has 0 atom stereocenters. The van der Waals surface area contributed by atoms with E-state index < -0.39 is 17.6 Å².